The summed E-state index contributed by atoms with van der Waals surface area (Å²) in [7, 11) is 0. The summed E-state index contributed by atoms with van der Waals surface area (Å²) in [5.41, 5.74) is 0.917. The second kappa shape index (κ2) is 5.13. The molecule has 0 aliphatic carbocycles. The van der Waals surface area contributed by atoms with E-state index in [4.69, 9.17) is 0 Å². The first kappa shape index (κ1) is 11.2. The van der Waals surface area contributed by atoms with Gasteiger partial charge < -0.3 is 10.2 Å². The van der Waals surface area contributed by atoms with Crippen molar-refractivity contribution in [1.29, 1.82) is 0 Å². The van der Waals surface area contributed by atoms with E-state index in [-0.39, 0.29) is 12.0 Å². The van der Waals surface area contributed by atoms with Gasteiger partial charge in [0.25, 0.3) is 0 Å². The summed E-state index contributed by atoms with van der Waals surface area (Å²) in [6, 6.07) is 9.55. The van der Waals surface area contributed by atoms with Crippen LogP contribution in [0.5, 0.6) is 0 Å². The molecule has 78 valence electrons. The maximum atomic E-state index is 9.83. The molecule has 0 aliphatic rings. The molecular formula is C12H18O2. The monoisotopic (exact) mass is 194 g/mol. The Kier molecular flexibility index (Phi) is 4.11. The van der Waals surface area contributed by atoms with Crippen LogP contribution in [0.3, 0.4) is 0 Å². The number of rotatable bonds is 4. The average molecular weight is 194 g/mol. The van der Waals surface area contributed by atoms with Gasteiger partial charge >= 0.3 is 0 Å². The van der Waals surface area contributed by atoms with Crippen molar-refractivity contribution >= 4 is 0 Å². The van der Waals surface area contributed by atoms with Crippen molar-refractivity contribution in [2.75, 3.05) is 0 Å². The minimum atomic E-state index is -0.471. The summed E-state index contributed by atoms with van der Waals surface area (Å²) >= 11 is 0. The maximum Gasteiger partial charge on any atom is 0.0793 e. The summed E-state index contributed by atoms with van der Waals surface area (Å²) in [5, 5.41) is 19.1. The topological polar surface area (TPSA) is 40.5 Å². The van der Waals surface area contributed by atoms with Gasteiger partial charge in [-0.3, -0.25) is 0 Å². The number of aliphatic hydroxyl groups excluding tert-OH is 2. The highest BCUT2D eigenvalue weighted by Gasteiger charge is 2.15. The molecule has 1 aromatic carbocycles. The zero-order chi connectivity index (χ0) is 10.6. The predicted molar refractivity (Wildman–Crippen MR) is 56.9 cm³/mol. The summed E-state index contributed by atoms with van der Waals surface area (Å²) in [5.74, 6) is 0.116. The lowest BCUT2D eigenvalue weighted by atomic mass is 9.95. The van der Waals surface area contributed by atoms with Crippen molar-refractivity contribution in [2.24, 2.45) is 5.92 Å². The lowest BCUT2D eigenvalue weighted by molar-refractivity contribution is 0.0799. The van der Waals surface area contributed by atoms with Gasteiger partial charge in [0.05, 0.1) is 12.2 Å². The molecule has 2 heteroatoms. The molecule has 0 saturated carbocycles. The van der Waals surface area contributed by atoms with Crippen LogP contribution in [0.15, 0.2) is 30.3 Å². The molecular weight excluding hydrogens is 176 g/mol. The van der Waals surface area contributed by atoms with E-state index in [2.05, 4.69) is 0 Å². The van der Waals surface area contributed by atoms with E-state index in [1.165, 1.54) is 0 Å². The van der Waals surface area contributed by atoms with Gasteiger partial charge in [0.2, 0.25) is 0 Å². The number of aliphatic hydroxyl groups is 2. The van der Waals surface area contributed by atoms with Crippen LogP contribution in [0.25, 0.3) is 0 Å². The van der Waals surface area contributed by atoms with E-state index in [0.717, 1.165) is 5.56 Å². The fourth-order valence-electron chi connectivity index (χ4n) is 1.36. The van der Waals surface area contributed by atoms with Crippen LogP contribution in [-0.4, -0.2) is 16.3 Å². The molecule has 0 saturated heterocycles. The Balaban J connectivity index is 2.55. The molecule has 2 N–H and O–H groups in total. The molecule has 3 atom stereocenters. The van der Waals surface area contributed by atoms with E-state index < -0.39 is 6.10 Å². The van der Waals surface area contributed by atoms with Gasteiger partial charge in [0, 0.05) is 0 Å². The van der Waals surface area contributed by atoms with Gasteiger partial charge in [-0.25, -0.2) is 0 Å². The average Bonchev–Trinajstić information content (AvgIpc) is 2.19. The lowest BCUT2D eigenvalue weighted by Gasteiger charge is -2.18. The minimum Gasteiger partial charge on any atom is -0.393 e. The third-order valence-corrected chi connectivity index (χ3v) is 2.60. The van der Waals surface area contributed by atoms with Crippen LogP contribution < -0.4 is 0 Å². The van der Waals surface area contributed by atoms with Gasteiger partial charge in [-0.05, 0) is 24.8 Å². The molecule has 0 aromatic heterocycles. The summed E-state index contributed by atoms with van der Waals surface area (Å²) in [6.45, 7) is 3.69. The summed E-state index contributed by atoms with van der Waals surface area (Å²) in [4.78, 5) is 0. The molecule has 1 aromatic rings. The van der Waals surface area contributed by atoms with Gasteiger partial charge in [-0.1, -0.05) is 37.3 Å². The fraction of sp³-hybridized carbons (Fsp3) is 0.500. The highest BCUT2D eigenvalue weighted by Crippen LogP contribution is 2.22. The van der Waals surface area contributed by atoms with Gasteiger partial charge in [-0.2, -0.15) is 0 Å². The first-order chi connectivity index (χ1) is 6.61. The molecule has 0 bridgehead atoms. The second-order valence-electron chi connectivity index (χ2n) is 3.88. The van der Waals surface area contributed by atoms with E-state index in [1.54, 1.807) is 6.92 Å². The largest absolute Gasteiger partial charge is 0.393 e. The van der Waals surface area contributed by atoms with Crippen molar-refractivity contribution in [1.82, 2.24) is 0 Å². The Morgan fingerprint density at radius 1 is 1.07 bits per heavy atom. The number of hydrogen-bond donors (Lipinski definition) is 2. The van der Waals surface area contributed by atoms with Gasteiger partial charge in [0.15, 0.2) is 0 Å². The summed E-state index contributed by atoms with van der Waals surface area (Å²) in [6.07, 6.45) is -0.240. The minimum absolute atomic E-state index is 0.116. The maximum absolute atomic E-state index is 9.83. The molecule has 0 spiro atoms. The first-order valence-corrected chi connectivity index (χ1v) is 5.02. The Bertz CT molecular complexity index is 256. The Labute approximate surface area is 85.2 Å². The zero-order valence-electron chi connectivity index (χ0n) is 8.72. The standard InChI is InChI=1S/C12H18O2/c1-9(10(2)13)8-12(14)11-6-4-3-5-7-11/h3-7,9-10,12-14H,8H2,1-2H3. The SMILES string of the molecule is CC(O)C(C)CC(O)c1ccccc1. The van der Waals surface area contributed by atoms with Crippen LogP contribution >= 0.6 is 0 Å². The van der Waals surface area contributed by atoms with Crippen molar-refractivity contribution in [3.05, 3.63) is 35.9 Å². The lowest BCUT2D eigenvalue weighted by Crippen LogP contribution is -2.16. The highest BCUT2D eigenvalue weighted by atomic mass is 16.3. The predicted octanol–water partition coefficient (Wildman–Crippen LogP) is 2.13. The van der Waals surface area contributed by atoms with Crippen molar-refractivity contribution in [2.45, 2.75) is 32.5 Å². The molecule has 1 rings (SSSR count). The molecule has 0 radical (unpaired) electrons. The van der Waals surface area contributed by atoms with Crippen LogP contribution in [0.1, 0.15) is 31.9 Å². The number of hydrogen-bond acceptors (Lipinski definition) is 2. The molecule has 14 heavy (non-hydrogen) atoms. The normalized spacial score (nSPS) is 17.4. The molecule has 3 unspecified atom stereocenters. The van der Waals surface area contributed by atoms with Gasteiger partial charge in [-0.15, -0.1) is 0 Å². The Morgan fingerprint density at radius 2 is 1.64 bits per heavy atom. The molecule has 0 aliphatic heterocycles. The van der Waals surface area contributed by atoms with E-state index in [1.807, 2.05) is 37.3 Å². The van der Waals surface area contributed by atoms with Crippen LogP contribution in [0, 0.1) is 5.92 Å². The quantitative estimate of drug-likeness (QED) is 0.770. The van der Waals surface area contributed by atoms with Crippen molar-refractivity contribution < 1.29 is 10.2 Å². The van der Waals surface area contributed by atoms with Gasteiger partial charge in [0.1, 0.15) is 0 Å². The Hall–Kier alpha value is -0.860. The third kappa shape index (κ3) is 3.13. The van der Waals surface area contributed by atoms with Crippen molar-refractivity contribution in [3.63, 3.8) is 0 Å². The zero-order valence-corrected chi connectivity index (χ0v) is 8.72. The fourth-order valence-corrected chi connectivity index (χ4v) is 1.36. The highest BCUT2D eigenvalue weighted by molar-refractivity contribution is 5.17. The third-order valence-electron chi connectivity index (χ3n) is 2.60. The molecule has 0 heterocycles. The first-order valence-electron chi connectivity index (χ1n) is 5.02. The number of benzene rings is 1. The summed E-state index contributed by atoms with van der Waals surface area (Å²) < 4.78 is 0. The molecule has 0 amide bonds. The Morgan fingerprint density at radius 3 is 2.14 bits per heavy atom. The van der Waals surface area contributed by atoms with E-state index in [0.29, 0.717) is 6.42 Å². The van der Waals surface area contributed by atoms with E-state index in [9.17, 15) is 10.2 Å². The van der Waals surface area contributed by atoms with Crippen LogP contribution in [0.4, 0.5) is 0 Å². The van der Waals surface area contributed by atoms with Crippen molar-refractivity contribution in [3.8, 4) is 0 Å². The molecule has 2 nitrogen and oxygen atoms in total. The molecule has 0 fully saturated rings. The second-order valence-corrected chi connectivity index (χ2v) is 3.88. The smallest absolute Gasteiger partial charge is 0.0793 e. The van der Waals surface area contributed by atoms with Crippen LogP contribution in [0.2, 0.25) is 0 Å². The van der Waals surface area contributed by atoms with E-state index >= 15 is 0 Å². The van der Waals surface area contributed by atoms with Crippen LogP contribution in [-0.2, 0) is 0 Å².